The molecule has 2 rings (SSSR count). The van der Waals surface area contributed by atoms with Gasteiger partial charge in [0.15, 0.2) is 0 Å². The molecule has 0 amide bonds. The van der Waals surface area contributed by atoms with Gasteiger partial charge in [-0.3, -0.25) is 0 Å². The number of aryl methyl sites for hydroxylation is 1. The van der Waals surface area contributed by atoms with Crippen LogP contribution in [0.2, 0.25) is 0 Å². The summed E-state index contributed by atoms with van der Waals surface area (Å²) in [5, 5.41) is 9.33. The Labute approximate surface area is 86.8 Å². The molecule has 0 radical (unpaired) electrons. The fraction of sp³-hybridized carbons (Fsp3) is 0.538. The van der Waals surface area contributed by atoms with Crippen molar-refractivity contribution < 1.29 is 5.11 Å². The Balaban J connectivity index is 0.000000213. The Kier molecular flexibility index (Phi) is 3.99. The maximum absolute atomic E-state index is 9.33. The van der Waals surface area contributed by atoms with E-state index in [1.165, 1.54) is 17.5 Å². The van der Waals surface area contributed by atoms with Crippen LogP contribution in [-0.4, -0.2) is 5.11 Å². The first kappa shape index (κ1) is 11.1. The van der Waals surface area contributed by atoms with Crippen molar-refractivity contribution in [1.82, 2.24) is 0 Å². The minimum atomic E-state index is 0.481. The molecule has 0 saturated heterocycles. The van der Waals surface area contributed by atoms with Gasteiger partial charge in [-0.2, -0.15) is 0 Å². The number of rotatable bonds is 0. The van der Waals surface area contributed by atoms with E-state index in [0.29, 0.717) is 5.75 Å². The van der Waals surface area contributed by atoms with Crippen molar-refractivity contribution >= 4 is 0 Å². The highest BCUT2D eigenvalue weighted by atomic mass is 16.3. The molecule has 1 aromatic carbocycles. The van der Waals surface area contributed by atoms with Gasteiger partial charge in [-0.25, -0.2) is 0 Å². The third-order valence-corrected chi connectivity index (χ3v) is 2.12. The smallest absolute Gasteiger partial charge is 0.119 e. The lowest BCUT2D eigenvalue weighted by atomic mass is 10.1. The second kappa shape index (κ2) is 5.04. The van der Waals surface area contributed by atoms with E-state index < -0.39 is 0 Å². The lowest BCUT2D eigenvalue weighted by Gasteiger charge is -1.99. The molecule has 1 aliphatic rings. The molecule has 1 aromatic rings. The number of benzene rings is 1. The monoisotopic (exact) mass is 192 g/mol. The Morgan fingerprint density at radius 2 is 1.79 bits per heavy atom. The molecule has 0 spiro atoms. The van der Waals surface area contributed by atoms with Crippen LogP contribution in [0, 0.1) is 5.92 Å². The van der Waals surface area contributed by atoms with Crippen LogP contribution < -0.4 is 0 Å². The minimum Gasteiger partial charge on any atom is -0.508 e. The molecule has 0 heterocycles. The summed E-state index contributed by atoms with van der Waals surface area (Å²) in [5.74, 6) is 1.31. The van der Waals surface area contributed by atoms with Crippen LogP contribution in [0.4, 0.5) is 0 Å². The van der Waals surface area contributed by atoms with E-state index in [1.807, 2.05) is 6.07 Å². The molecule has 1 aliphatic carbocycles. The average molecular weight is 192 g/mol. The molecule has 14 heavy (non-hydrogen) atoms. The molecule has 0 saturated carbocycles. The molecule has 0 aromatic heterocycles. The van der Waals surface area contributed by atoms with Crippen molar-refractivity contribution in [3.8, 4) is 5.75 Å². The summed E-state index contributed by atoms with van der Waals surface area (Å²) in [6.07, 6.45) is 3.40. The van der Waals surface area contributed by atoms with Crippen molar-refractivity contribution in [2.45, 2.75) is 40.0 Å². The maximum Gasteiger partial charge on any atom is 0.119 e. The van der Waals surface area contributed by atoms with Crippen molar-refractivity contribution in [2.24, 2.45) is 5.92 Å². The molecule has 1 heteroatoms. The Morgan fingerprint density at radius 1 is 1.14 bits per heavy atom. The largest absolute Gasteiger partial charge is 0.508 e. The first-order chi connectivity index (χ1) is 6.61. The van der Waals surface area contributed by atoms with Crippen LogP contribution >= 0.6 is 0 Å². The molecular formula is C13H20O. The standard InChI is InChI=1S/C9H10O.C4H10/c10-9-6-2-4-7-3-1-5-8(7)9;1-4(2)3/h2,4,6,10H,1,3,5H2;4H,1-3H3. The topological polar surface area (TPSA) is 20.2 Å². The second-order valence-electron chi connectivity index (χ2n) is 4.50. The van der Waals surface area contributed by atoms with Gasteiger partial charge in [-0.15, -0.1) is 0 Å². The highest BCUT2D eigenvalue weighted by Crippen LogP contribution is 2.28. The summed E-state index contributed by atoms with van der Waals surface area (Å²) < 4.78 is 0. The molecular weight excluding hydrogens is 172 g/mol. The van der Waals surface area contributed by atoms with Crippen LogP contribution in [-0.2, 0) is 12.8 Å². The molecule has 0 fully saturated rings. The Hall–Kier alpha value is -0.980. The molecule has 0 aliphatic heterocycles. The summed E-state index contributed by atoms with van der Waals surface area (Å²) in [6, 6.07) is 5.78. The second-order valence-corrected chi connectivity index (χ2v) is 4.50. The van der Waals surface area contributed by atoms with Gasteiger partial charge in [0.05, 0.1) is 0 Å². The van der Waals surface area contributed by atoms with Gasteiger partial charge < -0.3 is 5.11 Å². The van der Waals surface area contributed by atoms with Crippen molar-refractivity contribution in [2.75, 3.05) is 0 Å². The highest BCUT2D eigenvalue weighted by molar-refractivity contribution is 5.41. The maximum atomic E-state index is 9.33. The van der Waals surface area contributed by atoms with E-state index >= 15 is 0 Å². The lowest BCUT2D eigenvalue weighted by molar-refractivity contribution is 0.469. The van der Waals surface area contributed by atoms with E-state index in [0.717, 1.165) is 18.8 Å². The predicted octanol–water partition coefficient (Wildman–Crippen LogP) is 3.54. The van der Waals surface area contributed by atoms with Crippen LogP contribution in [0.1, 0.15) is 38.3 Å². The van der Waals surface area contributed by atoms with E-state index in [1.54, 1.807) is 6.07 Å². The van der Waals surface area contributed by atoms with Crippen molar-refractivity contribution in [3.05, 3.63) is 29.3 Å². The number of fused-ring (bicyclic) bond motifs is 1. The fourth-order valence-corrected chi connectivity index (χ4v) is 1.60. The van der Waals surface area contributed by atoms with Crippen LogP contribution in [0.5, 0.6) is 5.75 Å². The van der Waals surface area contributed by atoms with Gasteiger partial charge in [0.2, 0.25) is 0 Å². The summed E-state index contributed by atoms with van der Waals surface area (Å²) >= 11 is 0. The van der Waals surface area contributed by atoms with Crippen molar-refractivity contribution in [1.29, 1.82) is 0 Å². The lowest BCUT2D eigenvalue weighted by Crippen LogP contribution is -1.80. The Bertz CT molecular complexity index is 287. The summed E-state index contributed by atoms with van der Waals surface area (Å²) in [6.45, 7) is 6.50. The third kappa shape index (κ3) is 3.06. The van der Waals surface area contributed by atoms with Crippen LogP contribution in [0.25, 0.3) is 0 Å². The molecule has 1 nitrogen and oxygen atoms in total. The summed E-state index contributed by atoms with van der Waals surface area (Å²) in [7, 11) is 0. The van der Waals surface area contributed by atoms with Gasteiger partial charge in [0, 0.05) is 0 Å². The normalized spacial score (nSPS) is 13.4. The average Bonchev–Trinajstić information content (AvgIpc) is 2.52. The fourth-order valence-electron chi connectivity index (χ4n) is 1.60. The molecule has 1 N–H and O–H groups in total. The number of hydrogen-bond acceptors (Lipinski definition) is 1. The highest BCUT2D eigenvalue weighted by Gasteiger charge is 2.12. The minimum absolute atomic E-state index is 0.481. The first-order valence-electron chi connectivity index (χ1n) is 5.41. The quantitative estimate of drug-likeness (QED) is 0.666. The van der Waals surface area contributed by atoms with Crippen molar-refractivity contribution in [3.63, 3.8) is 0 Å². The van der Waals surface area contributed by atoms with Gasteiger partial charge in [0.1, 0.15) is 5.75 Å². The SMILES string of the molecule is CC(C)C.Oc1cccc2c1CCC2. The zero-order chi connectivity index (χ0) is 10.6. The molecule has 0 atom stereocenters. The Morgan fingerprint density at radius 3 is 2.36 bits per heavy atom. The number of phenols is 1. The van der Waals surface area contributed by atoms with E-state index in [2.05, 4.69) is 26.8 Å². The first-order valence-corrected chi connectivity index (χ1v) is 5.41. The van der Waals surface area contributed by atoms with Gasteiger partial charge in [0.25, 0.3) is 0 Å². The zero-order valence-corrected chi connectivity index (χ0v) is 9.38. The number of phenolic OH excluding ortho intramolecular Hbond substituents is 1. The van der Waals surface area contributed by atoms with E-state index in [-0.39, 0.29) is 0 Å². The predicted molar refractivity (Wildman–Crippen MR) is 60.6 cm³/mol. The van der Waals surface area contributed by atoms with Gasteiger partial charge in [-0.1, -0.05) is 32.9 Å². The molecule has 78 valence electrons. The number of aromatic hydroxyl groups is 1. The number of hydrogen-bond donors (Lipinski definition) is 1. The van der Waals surface area contributed by atoms with E-state index in [9.17, 15) is 5.11 Å². The zero-order valence-electron chi connectivity index (χ0n) is 9.38. The van der Waals surface area contributed by atoms with Gasteiger partial charge >= 0.3 is 0 Å². The summed E-state index contributed by atoms with van der Waals surface area (Å²) in [5.41, 5.74) is 2.50. The van der Waals surface area contributed by atoms with Gasteiger partial charge in [-0.05, 0) is 42.4 Å². The third-order valence-electron chi connectivity index (χ3n) is 2.12. The van der Waals surface area contributed by atoms with Crippen LogP contribution in [0.15, 0.2) is 18.2 Å². The summed E-state index contributed by atoms with van der Waals surface area (Å²) in [4.78, 5) is 0. The van der Waals surface area contributed by atoms with Crippen LogP contribution in [0.3, 0.4) is 0 Å². The van der Waals surface area contributed by atoms with E-state index in [4.69, 9.17) is 0 Å². The molecule has 0 bridgehead atoms. The molecule has 0 unspecified atom stereocenters.